The van der Waals surface area contributed by atoms with Gasteiger partial charge in [0.25, 0.3) is 0 Å². The highest BCUT2D eigenvalue weighted by Crippen LogP contribution is 2.31. The van der Waals surface area contributed by atoms with Gasteiger partial charge >= 0.3 is 0 Å². The average Bonchev–Trinajstić information content (AvgIpc) is 3.06. The molecule has 0 amide bonds. The second kappa shape index (κ2) is 9.67. The zero-order valence-electron chi connectivity index (χ0n) is 15.5. The predicted octanol–water partition coefficient (Wildman–Crippen LogP) is 5.44. The molecule has 1 fully saturated rings. The van der Waals surface area contributed by atoms with Crippen molar-refractivity contribution < 1.29 is 4.74 Å². The van der Waals surface area contributed by atoms with Gasteiger partial charge in [0.1, 0.15) is 5.75 Å². The Kier molecular flexibility index (Phi) is 7.00. The molecule has 1 aliphatic carbocycles. The highest BCUT2D eigenvalue weighted by molar-refractivity contribution is 7.71. The number of hydrogen-bond donors (Lipinski definition) is 1. The van der Waals surface area contributed by atoms with Gasteiger partial charge in [-0.2, -0.15) is 14.9 Å². The van der Waals surface area contributed by atoms with Crippen molar-refractivity contribution in [3.63, 3.8) is 0 Å². The molecule has 0 spiro atoms. The molecule has 1 aromatic heterocycles. The number of nitrogens with one attached hydrogen (secondary N) is 1. The van der Waals surface area contributed by atoms with E-state index in [1.165, 1.54) is 44.9 Å². The molecule has 0 bridgehead atoms. The van der Waals surface area contributed by atoms with Crippen molar-refractivity contribution in [3.8, 4) is 5.75 Å². The van der Waals surface area contributed by atoms with Crippen molar-refractivity contribution in [2.24, 2.45) is 5.10 Å². The number of unbranched alkanes of at least 4 members (excludes halogenated alkanes) is 2. The maximum Gasteiger partial charge on any atom is 0.216 e. The van der Waals surface area contributed by atoms with E-state index in [2.05, 4.69) is 22.2 Å². The molecule has 0 saturated heterocycles. The Morgan fingerprint density at radius 1 is 1.23 bits per heavy atom. The van der Waals surface area contributed by atoms with E-state index in [0.29, 0.717) is 10.7 Å². The zero-order chi connectivity index (χ0) is 18.2. The molecule has 0 aliphatic heterocycles. The van der Waals surface area contributed by atoms with Gasteiger partial charge in [-0.15, -0.1) is 0 Å². The van der Waals surface area contributed by atoms with Crippen LogP contribution >= 0.6 is 12.2 Å². The van der Waals surface area contributed by atoms with E-state index in [0.717, 1.165) is 30.2 Å². The first kappa shape index (κ1) is 18.8. The van der Waals surface area contributed by atoms with Crippen LogP contribution in [0.4, 0.5) is 0 Å². The van der Waals surface area contributed by atoms with Crippen molar-refractivity contribution >= 4 is 18.4 Å². The molecule has 1 aromatic carbocycles. The van der Waals surface area contributed by atoms with Gasteiger partial charge < -0.3 is 4.74 Å². The van der Waals surface area contributed by atoms with Crippen LogP contribution in [0.25, 0.3) is 0 Å². The summed E-state index contributed by atoms with van der Waals surface area (Å²) in [5.41, 5.74) is 1.02. The summed E-state index contributed by atoms with van der Waals surface area (Å²) in [6, 6.07) is 8.01. The molecule has 5 nitrogen and oxygen atoms in total. The van der Waals surface area contributed by atoms with Crippen molar-refractivity contribution in [3.05, 3.63) is 40.4 Å². The van der Waals surface area contributed by atoms with Gasteiger partial charge in [-0.1, -0.05) is 39.0 Å². The predicted molar refractivity (Wildman–Crippen MR) is 108 cm³/mol. The van der Waals surface area contributed by atoms with Gasteiger partial charge in [-0.05, 0) is 61.3 Å². The lowest BCUT2D eigenvalue weighted by molar-refractivity contribution is 0.306. The first-order valence-electron chi connectivity index (χ1n) is 9.72. The first-order valence-corrected chi connectivity index (χ1v) is 10.1. The van der Waals surface area contributed by atoms with E-state index in [-0.39, 0.29) is 0 Å². The van der Waals surface area contributed by atoms with Crippen molar-refractivity contribution in [1.82, 2.24) is 14.9 Å². The third-order valence-electron chi connectivity index (χ3n) is 4.86. The molecule has 6 heteroatoms. The summed E-state index contributed by atoms with van der Waals surface area (Å²) in [7, 11) is 0. The summed E-state index contributed by atoms with van der Waals surface area (Å²) in [6.45, 7) is 2.97. The van der Waals surface area contributed by atoms with Crippen LogP contribution in [0.5, 0.6) is 5.75 Å². The summed E-state index contributed by atoms with van der Waals surface area (Å²) in [4.78, 5) is 0. The fraction of sp³-hybridized carbons (Fsp3) is 0.550. The maximum absolute atomic E-state index is 5.75. The molecule has 1 heterocycles. The van der Waals surface area contributed by atoms with E-state index in [1.54, 1.807) is 4.68 Å². The van der Waals surface area contributed by atoms with Gasteiger partial charge in [0.05, 0.1) is 12.8 Å². The first-order chi connectivity index (χ1) is 12.8. The summed E-state index contributed by atoms with van der Waals surface area (Å²) >= 11 is 5.36. The third kappa shape index (κ3) is 5.04. The Hall–Kier alpha value is -1.95. The SMILES string of the molecule is CCCCCOc1ccc(/C=N/n2c(C3CCCCC3)n[nH]c2=S)cc1. The largest absolute Gasteiger partial charge is 0.494 e. The normalized spacial score (nSPS) is 15.6. The lowest BCUT2D eigenvalue weighted by atomic mass is 9.89. The lowest BCUT2D eigenvalue weighted by Crippen LogP contribution is -2.10. The number of aromatic amines is 1. The van der Waals surface area contributed by atoms with Crippen molar-refractivity contribution in [1.29, 1.82) is 0 Å². The highest BCUT2D eigenvalue weighted by Gasteiger charge is 2.21. The van der Waals surface area contributed by atoms with Crippen LogP contribution in [0.15, 0.2) is 29.4 Å². The second-order valence-corrected chi connectivity index (χ2v) is 7.29. The number of rotatable bonds is 8. The molecule has 1 aliphatic rings. The summed E-state index contributed by atoms with van der Waals surface area (Å²) < 4.78 is 8.08. The smallest absolute Gasteiger partial charge is 0.216 e. The van der Waals surface area contributed by atoms with E-state index in [1.807, 2.05) is 30.5 Å². The van der Waals surface area contributed by atoms with Crippen LogP contribution in [-0.4, -0.2) is 27.7 Å². The monoisotopic (exact) mass is 372 g/mol. The molecular weight excluding hydrogens is 344 g/mol. The van der Waals surface area contributed by atoms with Crippen LogP contribution in [0.3, 0.4) is 0 Å². The summed E-state index contributed by atoms with van der Waals surface area (Å²) in [6.07, 6.45) is 11.5. The number of benzene rings is 1. The van der Waals surface area contributed by atoms with Crippen LogP contribution in [0.1, 0.15) is 75.6 Å². The molecule has 1 N–H and O–H groups in total. The molecule has 0 atom stereocenters. The Morgan fingerprint density at radius 3 is 2.73 bits per heavy atom. The number of aromatic nitrogens is 3. The van der Waals surface area contributed by atoms with Crippen molar-refractivity contribution in [2.75, 3.05) is 6.61 Å². The zero-order valence-corrected chi connectivity index (χ0v) is 16.3. The third-order valence-corrected chi connectivity index (χ3v) is 5.13. The Bertz CT molecular complexity index is 757. The average molecular weight is 373 g/mol. The van der Waals surface area contributed by atoms with Gasteiger partial charge in [0, 0.05) is 5.92 Å². The lowest BCUT2D eigenvalue weighted by Gasteiger charge is -2.19. The molecule has 26 heavy (non-hydrogen) atoms. The van der Waals surface area contributed by atoms with E-state index in [4.69, 9.17) is 17.0 Å². The molecule has 0 unspecified atom stereocenters. The van der Waals surface area contributed by atoms with E-state index in [9.17, 15) is 0 Å². The molecule has 0 radical (unpaired) electrons. The van der Waals surface area contributed by atoms with Crippen LogP contribution in [0.2, 0.25) is 0 Å². The number of ether oxygens (including phenoxy) is 1. The summed E-state index contributed by atoms with van der Waals surface area (Å²) in [5.74, 6) is 2.32. The minimum absolute atomic E-state index is 0.452. The second-order valence-electron chi connectivity index (χ2n) is 6.90. The van der Waals surface area contributed by atoms with Crippen LogP contribution < -0.4 is 4.74 Å². The summed E-state index contributed by atoms with van der Waals surface area (Å²) in [5, 5.41) is 11.9. The molecule has 1 saturated carbocycles. The van der Waals surface area contributed by atoms with Crippen molar-refractivity contribution in [2.45, 2.75) is 64.2 Å². The van der Waals surface area contributed by atoms with Gasteiger partial charge in [-0.25, -0.2) is 0 Å². The fourth-order valence-electron chi connectivity index (χ4n) is 3.36. The van der Waals surface area contributed by atoms with E-state index >= 15 is 0 Å². The number of H-pyrrole nitrogens is 1. The Balaban J connectivity index is 1.64. The molecule has 3 rings (SSSR count). The van der Waals surface area contributed by atoms with Crippen LogP contribution in [0, 0.1) is 4.77 Å². The molecule has 140 valence electrons. The Labute approximate surface area is 160 Å². The van der Waals surface area contributed by atoms with Gasteiger partial charge in [0.15, 0.2) is 5.82 Å². The maximum atomic E-state index is 5.75. The van der Waals surface area contributed by atoms with Gasteiger partial charge in [0.2, 0.25) is 4.77 Å². The standard InChI is InChI=1S/C20H28N4OS/c1-2-3-7-14-25-18-12-10-16(11-13-18)15-21-24-19(22-23-20(24)26)17-8-5-4-6-9-17/h10-13,15,17H,2-9,14H2,1H3,(H,23,26)/b21-15+. The molecule has 2 aromatic rings. The van der Waals surface area contributed by atoms with Crippen LogP contribution in [-0.2, 0) is 0 Å². The topological polar surface area (TPSA) is 55.2 Å². The molecular formula is C20H28N4OS. The number of nitrogens with zero attached hydrogens (tertiary/aromatic N) is 3. The minimum atomic E-state index is 0.452. The minimum Gasteiger partial charge on any atom is -0.494 e. The fourth-order valence-corrected chi connectivity index (χ4v) is 3.54. The Morgan fingerprint density at radius 2 is 2.00 bits per heavy atom. The van der Waals surface area contributed by atoms with E-state index < -0.39 is 0 Å². The highest BCUT2D eigenvalue weighted by atomic mass is 32.1. The number of hydrogen-bond acceptors (Lipinski definition) is 4. The van der Waals surface area contributed by atoms with Gasteiger partial charge in [-0.3, -0.25) is 5.10 Å². The quantitative estimate of drug-likeness (QED) is 0.381.